The molecule has 0 saturated heterocycles. The number of ether oxygens (including phenoxy) is 1. The van der Waals surface area contributed by atoms with Gasteiger partial charge in [-0.1, -0.05) is 20.8 Å². The fourth-order valence-electron chi connectivity index (χ4n) is 2.32. The Morgan fingerprint density at radius 3 is 2.48 bits per heavy atom. The Labute approximate surface area is 127 Å². The molecule has 4 heteroatoms. The van der Waals surface area contributed by atoms with Gasteiger partial charge in [0.1, 0.15) is 5.75 Å². The lowest BCUT2D eigenvalue weighted by Crippen LogP contribution is -2.22. The van der Waals surface area contributed by atoms with E-state index >= 15 is 0 Å². The smallest absolute Gasteiger partial charge is 0.119 e. The second kappa shape index (κ2) is 7.27. The number of hydrogen-bond acceptors (Lipinski definition) is 3. The highest BCUT2D eigenvalue weighted by atomic mass is 16.5. The average molecular weight is 287 g/mol. The second-order valence-electron chi connectivity index (χ2n) is 5.34. The predicted molar refractivity (Wildman–Crippen MR) is 86.1 cm³/mol. The van der Waals surface area contributed by atoms with Crippen LogP contribution in [0.4, 0.5) is 0 Å². The minimum absolute atomic E-state index is 0.475. The zero-order valence-corrected chi connectivity index (χ0v) is 13.4. The number of rotatable bonds is 7. The van der Waals surface area contributed by atoms with Crippen LogP contribution in [0.2, 0.25) is 0 Å². The molecule has 0 saturated carbocycles. The summed E-state index contributed by atoms with van der Waals surface area (Å²) >= 11 is 0. The highest BCUT2D eigenvalue weighted by molar-refractivity contribution is 5.39. The maximum atomic E-state index is 5.48. The van der Waals surface area contributed by atoms with Crippen LogP contribution in [0.3, 0.4) is 0 Å². The van der Waals surface area contributed by atoms with E-state index in [-0.39, 0.29) is 0 Å². The van der Waals surface area contributed by atoms with Crippen molar-refractivity contribution in [3.63, 3.8) is 0 Å². The summed E-state index contributed by atoms with van der Waals surface area (Å²) in [5.41, 5.74) is 3.60. The van der Waals surface area contributed by atoms with Crippen molar-refractivity contribution in [1.82, 2.24) is 15.1 Å². The highest BCUT2D eigenvalue weighted by Gasteiger charge is 2.11. The first-order chi connectivity index (χ1) is 10.2. The zero-order chi connectivity index (χ0) is 15.2. The Hall–Kier alpha value is -1.81. The van der Waals surface area contributed by atoms with E-state index in [1.807, 2.05) is 29.9 Å². The molecule has 0 amide bonds. The molecule has 21 heavy (non-hydrogen) atoms. The molecule has 0 radical (unpaired) electrons. The largest absolute Gasteiger partial charge is 0.494 e. The summed E-state index contributed by atoms with van der Waals surface area (Å²) in [4.78, 5) is 0. The standard InChI is InChI=1S/C17H25N3O/c1-5-17-14(11-18-13(3)4)12-19-20(17)15-7-9-16(10-8-15)21-6-2/h7-10,12-13,18H,5-6,11H2,1-4H3. The third kappa shape index (κ3) is 3.85. The highest BCUT2D eigenvalue weighted by Crippen LogP contribution is 2.19. The van der Waals surface area contributed by atoms with Crippen LogP contribution in [0.5, 0.6) is 5.75 Å². The Morgan fingerprint density at radius 1 is 1.19 bits per heavy atom. The van der Waals surface area contributed by atoms with Crippen LogP contribution in [0.1, 0.15) is 39.0 Å². The summed E-state index contributed by atoms with van der Waals surface area (Å²) in [5, 5.41) is 8.00. The van der Waals surface area contributed by atoms with Crippen LogP contribution in [0.15, 0.2) is 30.5 Å². The molecule has 114 valence electrons. The molecule has 1 heterocycles. The third-order valence-corrected chi connectivity index (χ3v) is 3.38. The number of benzene rings is 1. The average Bonchev–Trinajstić information content (AvgIpc) is 2.89. The second-order valence-corrected chi connectivity index (χ2v) is 5.34. The summed E-state index contributed by atoms with van der Waals surface area (Å²) in [6, 6.07) is 8.56. The fraction of sp³-hybridized carbons (Fsp3) is 0.471. The Morgan fingerprint density at radius 2 is 1.90 bits per heavy atom. The van der Waals surface area contributed by atoms with Gasteiger partial charge in [-0.05, 0) is 37.6 Å². The number of nitrogens with zero attached hydrogens (tertiary/aromatic N) is 2. The van der Waals surface area contributed by atoms with Crippen molar-refractivity contribution in [3.05, 3.63) is 41.7 Å². The van der Waals surface area contributed by atoms with Crippen LogP contribution in [-0.4, -0.2) is 22.4 Å². The monoisotopic (exact) mass is 287 g/mol. The molecule has 2 rings (SSSR count). The maximum absolute atomic E-state index is 5.48. The first-order valence-electron chi connectivity index (χ1n) is 7.68. The van der Waals surface area contributed by atoms with Crippen LogP contribution in [0.25, 0.3) is 5.69 Å². The van der Waals surface area contributed by atoms with Gasteiger partial charge >= 0.3 is 0 Å². The van der Waals surface area contributed by atoms with Crippen LogP contribution in [-0.2, 0) is 13.0 Å². The molecule has 0 aliphatic carbocycles. The van der Waals surface area contributed by atoms with Gasteiger partial charge in [-0.2, -0.15) is 5.10 Å². The van der Waals surface area contributed by atoms with Crippen molar-refractivity contribution in [2.45, 2.75) is 46.7 Å². The minimum Gasteiger partial charge on any atom is -0.494 e. The fourth-order valence-corrected chi connectivity index (χ4v) is 2.32. The summed E-state index contributed by atoms with van der Waals surface area (Å²) < 4.78 is 7.50. The molecule has 1 aromatic heterocycles. The van der Waals surface area contributed by atoms with Crippen molar-refractivity contribution in [3.8, 4) is 11.4 Å². The van der Waals surface area contributed by atoms with Gasteiger partial charge < -0.3 is 10.1 Å². The third-order valence-electron chi connectivity index (χ3n) is 3.38. The molecule has 0 atom stereocenters. The molecule has 1 N–H and O–H groups in total. The van der Waals surface area contributed by atoms with E-state index in [1.54, 1.807) is 0 Å². The molecule has 0 aliphatic rings. The predicted octanol–water partition coefficient (Wildman–Crippen LogP) is 3.33. The van der Waals surface area contributed by atoms with E-state index < -0.39 is 0 Å². The minimum atomic E-state index is 0.475. The van der Waals surface area contributed by atoms with Gasteiger partial charge in [0.25, 0.3) is 0 Å². The molecule has 1 aromatic carbocycles. The lowest BCUT2D eigenvalue weighted by Gasteiger charge is -2.11. The molecule has 0 bridgehead atoms. The Balaban J connectivity index is 2.22. The zero-order valence-electron chi connectivity index (χ0n) is 13.4. The van der Waals surface area contributed by atoms with Gasteiger partial charge in [-0.25, -0.2) is 4.68 Å². The SMILES string of the molecule is CCOc1ccc(-n2ncc(CNC(C)C)c2CC)cc1. The quantitative estimate of drug-likeness (QED) is 0.849. The van der Waals surface area contributed by atoms with E-state index in [0.29, 0.717) is 12.6 Å². The van der Waals surface area contributed by atoms with Crippen molar-refractivity contribution in [2.75, 3.05) is 6.61 Å². The molecule has 0 unspecified atom stereocenters. The van der Waals surface area contributed by atoms with E-state index in [4.69, 9.17) is 4.74 Å². The summed E-state index contributed by atoms with van der Waals surface area (Å²) in [5.74, 6) is 0.896. The summed E-state index contributed by atoms with van der Waals surface area (Å²) in [7, 11) is 0. The molecule has 2 aromatic rings. The van der Waals surface area contributed by atoms with Gasteiger partial charge in [-0.15, -0.1) is 0 Å². The van der Waals surface area contributed by atoms with Crippen molar-refractivity contribution >= 4 is 0 Å². The van der Waals surface area contributed by atoms with Gasteiger partial charge in [-0.3, -0.25) is 0 Å². The maximum Gasteiger partial charge on any atom is 0.119 e. The molecular formula is C17H25N3O. The van der Waals surface area contributed by atoms with Crippen molar-refractivity contribution in [1.29, 1.82) is 0 Å². The van der Waals surface area contributed by atoms with Crippen molar-refractivity contribution < 1.29 is 4.74 Å². The molecule has 4 nitrogen and oxygen atoms in total. The number of nitrogens with one attached hydrogen (secondary N) is 1. The van der Waals surface area contributed by atoms with Gasteiger partial charge in [0.05, 0.1) is 18.5 Å². The summed E-state index contributed by atoms with van der Waals surface area (Å²) in [6.45, 7) is 10.0. The molecule has 0 spiro atoms. The molecule has 0 aliphatic heterocycles. The van der Waals surface area contributed by atoms with E-state index in [1.165, 1.54) is 11.3 Å². The Bertz CT molecular complexity index is 558. The van der Waals surface area contributed by atoms with E-state index in [2.05, 4.69) is 43.3 Å². The molecule has 0 fully saturated rings. The summed E-state index contributed by atoms with van der Waals surface area (Å²) in [6.07, 6.45) is 2.92. The van der Waals surface area contributed by atoms with Gasteiger partial charge in [0.2, 0.25) is 0 Å². The first kappa shape index (κ1) is 15.6. The van der Waals surface area contributed by atoms with Crippen LogP contribution >= 0.6 is 0 Å². The van der Waals surface area contributed by atoms with E-state index in [0.717, 1.165) is 24.4 Å². The molecular weight excluding hydrogens is 262 g/mol. The Kier molecular flexibility index (Phi) is 5.39. The van der Waals surface area contributed by atoms with Crippen LogP contribution in [0, 0.1) is 0 Å². The lowest BCUT2D eigenvalue weighted by molar-refractivity contribution is 0.340. The lowest BCUT2D eigenvalue weighted by atomic mass is 10.2. The van der Waals surface area contributed by atoms with Gasteiger partial charge in [0, 0.05) is 23.8 Å². The number of hydrogen-bond donors (Lipinski definition) is 1. The first-order valence-corrected chi connectivity index (χ1v) is 7.68. The topological polar surface area (TPSA) is 39.1 Å². The van der Waals surface area contributed by atoms with E-state index in [9.17, 15) is 0 Å². The number of aromatic nitrogens is 2. The van der Waals surface area contributed by atoms with Crippen molar-refractivity contribution in [2.24, 2.45) is 0 Å². The normalized spacial score (nSPS) is 11.1. The van der Waals surface area contributed by atoms with Gasteiger partial charge in [0.15, 0.2) is 0 Å². The van der Waals surface area contributed by atoms with Crippen LogP contribution < -0.4 is 10.1 Å².